The number of aromatic nitrogens is 2. The van der Waals surface area contributed by atoms with E-state index in [0.29, 0.717) is 27.4 Å². The molecule has 1 N–H and O–H groups in total. The van der Waals surface area contributed by atoms with Gasteiger partial charge in [0.05, 0.1) is 21.7 Å². The number of hydrogen-bond acceptors (Lipinski definition) is 4. The molecule has 0 aliphatic heterocycles. The lowest BCUT2D eigenvalue weighted by atomic mass is 10.2. The minimum absolute atomic E-state index is 0.0824. The molecule has 148 valence electrons. The van der Waals surface area contributed by atoms with Crippen molar-refractivity contribution in [1.29, 1.82) is 0 Å². The van der Waals surface area contributed by atoms with Crippen LogP contribution in [-0.2, 0) is 10.8 Å². The normalized spacial score (nSPS) is 12.7. The second-order valence-corrected chi connectivity index (χ2v) is 8.59. The molecule has 0 amide bonds. The van der Waals surface area contributed by atoms with Crippen molar-refractivity contribution >= 4 is 27.5 Å². The van der Waals surface area contributed by atoms with E-state index >= 15 is 0 Å². The molecule has 3 rings (SSSR count). The molecule has 0 aliphatic rings. The Morgan fingerprint density at radius 1 is 1.21 bits per heavy atom. The van der Waals surface area contributed by atoms with E-state index in [1.54, 1.807) is 24.3 Å². The van der Waals surface area contributed by atoms with Gasteiger partial charge in [0.2, 0.25) is 0 Å². The first-order chi connectivity index (χ1) is 14.0. The zero-order valence-electron chi connectivity index (χ0n) is 16.5. The Kier molecular flexibility index (Phi) is 6.24. The van der Waals surface area contributed by atoms with E-state index in [-0.39, 0.29) is 10.7 Å². The molecule has 6 heteroatoms. The first-order valence-electron chi connectivity index (χ1n) is 9.20. The summed E-state index contributed by atoms with van der Waals surface area (Å²) in [5, 5.41) is 4.06. The van der Waals surface area contributed by atoms with Gasteiger partial charge < -0.3 is 5.32 Å². The zero-order chi connectivity index (χ0) is 21.0. The van der Waals surface area contributed by atoms with Gasteiger partial charge in [-0.05, 0) is 30.4 Å². The molecule has 29 heavy (non-hydrogen) atoms. The number of pyridine rings is 2. The van der Waals surface area contributed by atoms with Crippen LogP contribution >= 0.6 is 0 Å². The Morgan fingerprint density at radius 2 is 1.93 bits per heavy atom. The highest BCUT2D eigenvalue weighted by Crippen LogP contribution is 2.25. The number of nitrogens with one attached hydrogen (secondary N) is 1. The largest absolute Gasteiger partial charge is 0.341 e. The Balaban J connectivity index is 2.36. The van der Waals surface area contributed by atoms with Gasteiger partial charge in [0.1, 0.15) is 10.8 Å². The molecule has 0 fully saturated rings. The van der Waals surface area contributed by atoms with Crippen molar-refractivity contribution < 1.29 is 4.21 Å². The Labute approximate surface area is 172 Å². The van der Waals surface area contributed by atoms with Crippen LogP contribution in [0.1, 0.15) is 13.8 Å². The molecule has 1 atom stereocenters. The smallest absolute Gasteiger partial charge is 0.193 e. The van der Waals surface area contributed by atoms with Crippen LogP contribution in [0.25, 0.3) is 16.6 Å². The molecule has 0 saturated heterocycles. The molecule has 2 aromatic heterocycles. The molecule has 0 radical (unpaired) electrons. The highest BCUT2D eigenvalue weighted by atomic mass is 32.2. The number of fused-ring (bicyclic) bond motifs is 1. The molecular formula is C23H23N3O2S. The number of allylic oxidation sites excluding steroid dienone is 3. The SMILES string of the molecule is C=C/C=C(\C=C)Nc1cc(=O)c2cnc(S(=O)C(C)C)cc2n1-c1ccccc1. The highest BCUT2D eigenvalue weighted by Gasteiger charge is 2.16. The standard InChI is InChI=1S/C23H23N3O2S/c1-5-10-17(6-2)25-22-14-21(27)19-15-24-23(29(28)16(3)4)13-20(19)26(22)18-11-8-7-9-12-18/h5-16,25H,1-2H2,3-4H3/b17-10+. The second kappa shape index (κ2) is 8.84. The Bertz CT molecular complexity index is 1180. The van der Waals surface area contributed by atoms with Crippen molar-refractivity contribution in [3.05, 3.63) is 96.0 Å². The van der Waals surface area contributed by atoms with Crippen molar-refractivity contribution in [2.45, 2.75) is 24.1 Å². The maximum atomic E-state index is 12.8. The van der Waals surface area contributed by atoms with Crippen molar-refractivity contribution in [2.75, 3.05) is 5.32 Å². The van der Waals surface area contributed by atoms with E-state index in [1.165, 1.54) is 12.3 Å². The maximum absolute atomic E-state index is 12.8. The summed E-state index contributed by atoms with van der Waals surface area (Å²) >= 11 is 0. The molecule has 5 nitrogen and oxygen atoms in total. The number of hydrogen-bond donors (Lipinski definition) is 1. The van der Waals surface area contributed by atoms with Crippen molar-refractivity contribution in [3.8, 4) is 5.69 Å². The van der Waals surface area contributed by atoms with Crippen LogP contribution in [0.3, 0.4) is 0 Å². The summed E-state index contributed by atoms with van der Waals surface area (Å²) < 4.78 is 14.5. The van der Waals surface area contributed by atoms with Gasteiger partial charge in [-0.25, -0.2) is 4.98 Å². The predicted octanol–water partition coefficient (Wildman–Crippen LogP) is 4.57. The molecule has 0 bridgehead atoms. The van der Waals surface area contributed by atoms with Gasteiger partial charge in [0.25, 0.3) is 0 Å². The lowest BCUT2D eigenvalue weighted by Crippen LogP contribution is -2.15. The van der Waals surface area contributed by atoms with Crippen LogP contribution in [0.4, 0.5) is 5.82 Å². The zero-order valence-corrected chi connectivity index (χ0v) is 17.3. The van der Waals surface area contributed by atoms with E-state index in [2.05, 4.69) is 23.5 Å². The third kappa shape index (κ3) is 4.27. The van der Waals surface area contributed by atoms with Gasteiger partial charge in [-0.15, -0.1) is 0 Å². The summed E-state index contributed by atoms with van der Waals surface area (Å²) in [4.78, 5) is 17.1. The van der Waals surface area contributed by atoms with E-state index in [9.17, 15) is 9.00 Å². The molecule has 1 aromatic carbocycles. The van der Waals surface area contributed by atoms with Crippen LogP contribution < -0.4 is 10.7 Å². The van der Waals surface area contributed by atoms with E-state index in [4.69, 9.17) is 0 Å². The molecule has 0 aliphatic carbocycles. The molecule has 0 saturated carbocycles. The molecular weight excluding hydrogens is 382 g/mol. The first-order valence-corrected chi connectivity index (χ1v) is 10.4. The third-order valence-corrected chi connectivity index (χ3v) is 5.80. The van der Waals surface area contributed by atoms with Gasteiger partial charge in [-0.2, -0.15) is 0 Å². The van der Waals surface area contributed by atoms with Gasteiger partial charge in [0.15, 0.2) is 5.43 Å². The fourth-order valence-electron chi connectivity index (χ4n) is 2.93. The number of benzene rings is 1. The van der Waals surface area contributed by atoms with Crippen LogP contribution in [0, 0.1) is 0 Å². The number of para-hydroxylation sites is 1. The van der Waals surface area contributed by atoms with Crippen molar-refractivity contribution in [3.63, 3.8) is 0 Å². The maximum Gasteiger partial charge on any atom is 0.193 e. The molecule has 2 heterocycles. The minimum Gasteiger partial charge on any atom is -0.341 e. The number of anilines is 1. The lowest BCUT2D eigenvalue weighted by molar-refractivity contribution is 0.674. The molecule has 0 spiro atoms. The van der Waals surface area contributed by atoms with E-state index < -0.39 is 10.8 Å². The van der Waals surface area contributed by atoms with Gasteiger partial charge in [0, 0.05) is 28.9 Å². The summed E-state index contributed by atoms with van der Waals surface area (Å²) in [6.07, 6.45) is 6.56. The summed E-state index contributed by atoms with van der Waals surface area (Å²) in [5.74, 6) is 0.564. The quantitative estimate of drug-likeness (QED) is 0.585. The van der Waals surface area contributed by atoms with Crippen LogP contribution in [0.2, 0.25) is 0 Å². The Hall–Kier alpha value is -3.25. The monoisotopic (exact) mass is 405 g/mol. The van der Waals surface area contributed by atoms with Crippen molar-refractivity contribution in [1.82, 2.24) is 9.55 Å². The summed E-state index contributed by atoms with van der Waals surface area (Å²) in [6.45, 7) is 11.3. The summed E-state index contributed by atoms with van der Waals surface area (Å²) in [6, 6.07) is 12.9. The predicted molar refractivity (Wildman–Crippen MR) is 121 cm³/mol. The van der Waals surface area contributed by atoms with Crippen LogP contribution in [-0.4, -0.2) is 19.0 Å². The highest BCUT2D eigenvalue weighted by molar-refractivity contribution is 7.85. The van der Waals surface area contributed by atoms with Gasteiger partial charge >= 0.3 is 0 Å². The summed E-state index contributed by atoms with van der Waals surface area (Å²) in [5.41, 5.74) is 2.01. The fourth-order valence-corrected chi connectivity index (χ4v) is 3.80. The fraction of sp³-hybridized carbons (Fsp3) is 0.130. The lowest BCUT2D eigenvalue weighted by Gasteiger charge is -2.19. The topological polar surface area (TPSA) is 64.0 Å². The minimum atomic E-state index is -1.27. The molecule has 1 unspecified atom stereocenters. The second-order valence-electron chi connectivity index (χ2n) is 6.64. The number of nitrogens with zero attached hydrogens (tertiary/aromatic N) is 2. The average Bonchev–Trinajstić information content (AvgIpc) is 2.73. The first kappa shape index (κ1) is 20.5. The van der Waals surface area contributed by atoms with Gasteiger partial charge in [-0.1, -0.05) is 51.3 Å². The van der Waals surface area contributed by atoms with Crippen LogP contribution in [0.15, 0.2) is 95.6 Å². The van der Waals surface area contributed by atoms with E-state index in [1.807, 2.05) is 48.7 Å². The summed E-state index contributed by atoms with van der Waals surface area (Å²) in [7, 11) is -1.27. The van der Waals surface area contributed by atoms with E-state index in [0.717, 1.165) is 5.69 Å². The molecule has 3 aromatic rings. The third-order valence-electron chi connectivity index (χ3n) is 4.31. The average molecular weight is 406 g/mol. The van der Waals surface area contributed by atoms with Crippen LogP contribution in [0.5, 0.6) is 0 Å². The van der Waals surface area contributed by atoms with Gasteiger partial charge in [-0.3, -0.25) is 13.6 Å². The Morgan fingerprint density at radius 3 is 2.55 bits per heavy atom. The number of rotatable bonds is 7. The van der Waals surface area contributed by atoms with Crippen molar-refractivity contribution in [2.24, 2.45) is 0 Å².